The molecular formula is C8H8AlO3. The van der Waals surface area contributed by atoms with E-state index in [0.29, 0.717) is 0 Å². The third kappa shape index (κ3) is 2.00. The van der Waals surface area contributed by atoms with E-state index < -0.39 is 5.97 Å². The Labute approximate surface area is 77.0 Å². The molecule has 1 aromatic carbocycles. The van der Waals surface area contributed by atoms with E-state index in [0.717, 1.165) is 0 Å². The van der Waals surface area contributed by atoms with E-state index >= 15 is 0 Å². The molecule has 1 N–H and O–H groups in total. The Hall–Kier alpha value is -0.978. The third-order valence-electron chi connectivity index (χ3n) is 1.35. The summed E-state index contributed by atoms with van der Waals surface area (Å²) in [5.74, 6) is 1.32. The number of carbonyl (C=O) groups excluding carboxylic acids is 1. The molecule has 0 aliphatic carbocycles. The van der Waals surface area contributed by atoms with Crippen molar-refractivity contribution >= 4 is 21.5 Å². The number of hydrogen-bond acceptors (Lipinski definition) is 3. The minimum Gasteiger partial charge on any atom is -0.618 e. The molecule has 1 aromatic rings. The van der Waals surface area contributed by atoms with Crippen molar-refractivity contribution in [3.05, 3.63) is 29.8 Å². The monoisotopic (exact) mass is 179 g/mol. The Morgan fingerprint density at radius 1 is 1.50 bits per heavy atom. The van der Waals surface area contributed by atoms with Gasteiger partial charge in [0.1, 0.15) is 5.75 Å². The van der Waals surface area contributed by atoms with Crippen molar-refractivity contribution in [1.82, 2.24) is 0 Å². The van der Waals surface area contributed by atoms with Gasteiger partial charge in [-0.25, -0.2) is 4.79 Å². The minimum absolute atomic E-state index is 0.0321. The van der Waals surface area contributed by atoms with Crippen LogP contribution in [0.5, 0.6) is 5.75 Å². The summed E-state index contributed by atoms with van der Waals surface area (Å²) in [6, 6.07) is 6.33. The van der Waals surface area contributed by atoms with E-state index in [1.807, 2.05) is 0 Å². The maximum atomic E-state index is 11.1. The molecule has 0 amide bonds. The van der Waals surface area contributed by atoms with Crippen LogP contribution in [0.15, 0.2) is 24.3 Å². The summed E-state index contributed by atoms with van der Waals surface area (Å²) in [6.45, 7) is 0. The lowest BCUT2D eigenvalue weighted by Gasteiger charge is -2.03. The molecule has 0 bridgehead atoms. The van der Waals surface area contributed by atoms with Gasteiger partial charge in [0.2, 0.25) is 0 Å². The highest BCUT2D eigenvalue weighted by molar-refractivity contribution is 6.29. The Morgan fingerprint density at radius 2 is 2.17 bits per heavy atom. The molecule has 0 aliphatic rings. The number of para-hydroxylation sites is 1. The second-order valence-corrected chi connectivity index (χ2v) is 2.87. The molecule has 0 saturated carbocycles. The van der Waals surface area contributed by atoms with E-state index in [2.05, 4.69) is 0 Å². The zero-order chi connectivity index (χ0) is 8.97. The van der Waals surface area contributed by atoms with E-state index in [1.54, 1.807) is 17.9 Å². The lowest BCUT2D eigenvalue weighted by molar-refractivity contribution is 0.0740. The normalized spacial score (nSPS) is 9.08. The Kier molecular flexibility index (Phi) is 3.15. The average Bonchev–Trinajstić information content (AvgIpc) is 2.05. The SMILES string of the molecule is [CH3][Al][O]C(=O)c1ccccc1O. The van der Waals surface area contributed by atoms with Crippen LogP contribution in [0.4, 0.5) is 0 Å². The molecule has 4 heteroatoms. The van der Waals surface area contributed by atoms with Gasteiger partial charge in [-0.15, -0.1) is 0 Å². The van der Waals surface area contributed by atoms with Crippen LogP contribution in [0.25, 0.3) is 0 Å². The number of phenolic OH excluding ortho intramolecular Hbond substituents is 1. The Balaban J connectivity index is 2.87. The first-order valence-electron chi connectivity index (χ1n) is 3.52. The van der Waals surface area contributed by atoms with Crippen LogP contribution in [0.1, 0.15) is 10.4 Å². The van der Waals surface area contributed by atoms with Crippen molar-refractivity contribution in [1.29, 1.82) is 0 Å². The maximum absolute atomic E-state index is 11.1. The maximum Gasteiger partial charge on any atom is 0.522 e. The molecule has 0 heterocycles. The average molecular weight is 179 g/mol. The van der Waals surface area contributed by atoms with Crippen LogP contribution in [0, 0.1) is 0 Å². The van der Waals surface area contributed by atoms with E-state index in [4.69, 9.17) is 3.79 Å². The molecule has 0 aliphatic heterocycles. The first-order valence-corrected chi connectivity index (χ1v) is 5.15. The molecule has 0 fully saturated rings. The smallest absolute Gasteiger partial charge is 0.522 e. The zero-order valence-corrected chi connectivity index (χ0v) is 7.81. The fraction of sp³-hybridized carbons (Fsp3) is 0.125. The Bertz CT molecular complexity index is 285. The van der Waals surface area contributed by atoms with E-state index in [1.165, 1.54) is 12.1 Å². The van der Waals surface area contributed by atoms with Crippen molar-refractivity contribution in [2.24, 2.45) is 0 Å². The lowest BCUT2D eigenvalue weighted by atomic mass is 10.2. The van der Waals surface area contributed by atoms with Crippen molar-refractivity contribution in [3.8, 4) is 5.75 Å². The van der Waals surface area contributed by atoms with Crippen LogP contribution < -0.4 is 0 Å². The summed E-state index contributed by atoms with van der Waals surface area (Å²) in [5, 5.41) is 9.22. The van der Waals surface area contributed by atoms with Gasteiger partial charge in [0, 0.05) is 0 Å². The number of aromatic hydroxyl groups is 1. The van der Waals surface area contributed by atoms with Crippen LogP contribution in [0.3, 0.4) is 0 Å². The Morgan fingerprint density at radius 3 is 2.75 bits per heavy atom. The summed E-state index contributed by atoms with van der Waals surface area (Å²) >= 11 is -0.327. The van der Waals surface area contributed by atoms with Gasteiger partial charge in [-0.1, -0.05) is 17.9 Å². The highest BCUT2D eigenvalue weighted by atomic mass is 27.1. The molecule has 0 aromatic heterocycles. The molecule has 0 atom stereocenters. The summed E-state index contributed by atoms with van der Waals surface area (Å²) in [4.78, 5) is 11.1. The largest absolute Gasteiger partial charge is 0.618 e. The van der Waals surface area contributed by atoms with E-state index in [-0.39, 0.29) is 26.9 Å². The number of benzene rings is 1. The van der Waals surface area contributed by atoms with Crippen LogP contribution in [0.2, 0.25) is 5.79 Å². The number of carbonyl (C=O) groups is 1. The predicted octanol–water partition coefficient (Wildman–Crippen LogP) is 1.22. The van der Waals surface area contributed by atoms with Gasteiger partial charge in [-0.3, -0.25) is 0 Å². The van der Waals surface area contributed by atoms with Crippen LogP contribution in [-0.4, -0.2) is 26.6 Å². The second kappa shape index (κ2) is 4.15. The van der Waals surface area contributed by atoms with Crippen molar-refractivity contribution in [2.75, 3.05) is 0 Å². The summed E-state index contributed by atoms with van der Waals surface area (Å²) in [7, 11) is 0. The highest BCUT2D eigenvalue weighted by Crippen LogP contribution is 2.15. The molecule has 0 saturated heterocycles. The summed E-state index contributed by atoms with van der Waals surface area (Å²) in [6.07, 6.45) is 0. The first kappa shape index (κ1) is 9.11. The van der Waals surface area contributed by atoms with Gasteiger partial charge >= 0.3 is 21.5 Å². The second-order valence-electron chi connectivity index (χ2n) is 2.16. The fourth-order valence-electron chi connectivity index (χ4n) is 0.817. The molecule has 1 radical (unpaired) electrons. The number of rotatable bonds is 2. The fourth-order valence-corrected chi connectivity index (χ4v) is 1.16. The number of hydrogen-bond donors (Lipinski definition) is 1. The lowest BCUT2D eigenvalue weighted by Crippen LogP contribution is -2.06. The van der Waals surface area contributed by atoms with Gasteiger partial charge in [0.25, 0.3) is 0 Å². The van der Waals surface area contributed by atoms with Gasteiger partial charge < -0.3 is 8.90 Å². The molecule has 1 rings (SSSR count). The summed E-state index contributed by atoms with van der Waals surface area (Å²) in [5.41, 5.74) is 0.229. The highest BCUT2D eigenvalue weighted by Gasteiger charge is 2.09. The molecule has 0 unspecified atom stereocenters. The van der Waals surface area contributed by atoms with Crippen molar-refractivity contribution in [3.63, 3.8) is 0 Å². The van der Waals surface area contributed by atoms with Crippen molar-refractivity contribution in [2.45, 2.75) is 5.79 Å². The van der Waals surface area contributed by atoms with Crippen LogP contribution >= 0.6 is 0 Å². The standard InChI is InChI=1S/C7H6O3.CH3.Al/c8-6-4-2-1-3-5(6)7(9)10;;/h1-4,8H,(H,9,10);1H3;/q;;+1/p-1. The quantitative estimate of drug-likeness (QED) is 0.694. The molecular weight excluding hydrogens is 171 g/mol. The number of phenols is 1. The predicted molar refractivity (Wildman–Crippen MR) is 45.1 cm³/mol. The third-order valence-corrected chi connectivity index (χ3v) is 1.80. The molecule has 3 nitrogen and oxygen atoms in total. The van der Waals surface area contributed by atoms with Gasteiger partial charge in [0.15, 0.2) is 0 Å². The molecule has 12 heavy (non-hydrogen) atoms. The minimum atomic E-state index is -0.453. The van der Waals surface area contributed by atoms with Crippen LogP contribution in [-0.2, 0) is 3.79 Å². The van der Waals surface area contributed by atoms with Crippen molar-refractivity contribution < 1.29 is 13.7 Å². The van der Waals surface area contributed by atoms with Gasteiger partial charge in [-0.05, 0) is 12.1 Å². The molecule has 61 valence electrons. The van der Waals surface area contributed by atoms with Gasteiger partial charge in [0.05, 0.1) is 5.56 Å². The molecule has 0 spiro atoms. The first-order chi connectivity index (χ1) is 5.75. The topological polar surface area (TPSA) is 46.5 Å². The zero-order valence-electron chi connectivity index (χ0n) is 6.65. The van der Waals surface area contributed by atoms with E-state index in [9.17, 15) is 9.90 Å². The summed E-state index contributed by atoms with van der Waals surface area (Å²) < 4.78 is 4.79. The van der Waals surface area contributed by atoms with Gasteiger partial charge in [-0.2, -0.15) is 0 Å².